The van der Waals surface area contributed by atoms with E-state index in [0.29, 0.717) is 6.54 Å². The molecule has 98 valence electrons. The number of anilines is 1. The SMILES string of the molecule is Nc1cc(Cn2cc(Br)ccc2=O)ccc1[N+](=O)[O-]. The van der Waals surface area contributed by atoms with Gasteiger partial charge in [0, 0.05) is 22.8 Å². The Morgan fingerprint density at radius 1 is 1.32 bits per heavy atom. The first kappa shape index (κ1) is 13.3. The van der Waals surface area contributed by atoms with Gasteiger partial charge in [-0.05, 0) is 33.6 Å². The molecule has 0 fully saturated rings. The quantitative estimate of drug-likeness (QED) is 0.532. The first-order valence-corrected chi connectivity index (χ1v) is 6.15. The second kappa shape index (κ2) is 5.23. The number of pyridine rings is 1. The van der Waals surface area contributed by atoms with Crippen molar-refractivity contribution in [2.75, 3.05) is 5.73 Å². The van der Waals surface area contributed by atoms with Gasteiger partial charge >= 0.3 is 0 Å². The molecule has 1 aromatic heterocycles. The molecule has 0 spiro atoms. The zero-order valence-corrected chi connectivity index (χ0v) is 11.3. The highest BCUT2D eigenvalue weighted by atomic mass is 79.9. The van der Waals surface area contributed by atoms with Crippen LogP contribution in [0.2, 0.25) is 0 Å². The van der Waals surface area contributed by atoms with Crippen LogP contribution in [0.15, 0.2) is 45.8 Å². The Morgan fingerprint density at radius 2 is 2.05 bits per heavy atom. The summed E-state index contributed by atoms with van der Waals surface area (Å²) in [6.07, 6.45) is 1.65. The fourth-order valence-corrected chi connectivity index (χ4v) is 2.07. The number of nitrogens with zero attached hydrogens (tertiary/aromatic N) is 2. The Labute approximate surface area is 116 Å². The smallest absolute Gasteiger partial charge is 0.292 e. The van der Waals surface area contributed by atoms with E-state index in [1.165, 1.54) is 22.8 Å². The van der Waals surface area contributed by atoms with Crippen molar-refractivity contribution in [1.29, 1.82) is 0 Å². The van der Waals surface area contributed by atoms with Gasteiger partial charge in [-0.2, -0.15) is 0 Å². The predicted molar refractivity (Wildman–Crippen MR) is 75.0 cm³/mol. The fourth-order valence-electron chi connectivity index (χ4n) is 1.69. The summed E-state index contributed by atoms with van der Waals surface area (Å²) in [5, 5.41) is 10.7. The van der Waals surface area contributed by atoms with Gasteiger partial charge in [-0.3, -0.25) is 14.9 Å². The molecule has 0 radical (unpaired) electrons. The molecule has 0 aliphatic carbocycles. The molecule has 19 heavy (non-hydrogen) atoms. The minimum atomic E-state index is -0.537. The minimum absolute atomic E-state index is 0.0885. The van der Waals surface area contributed by atoms with Crippen LogP contribution < -0.4 is 11.3 Å². The Morgan fingerprint density at radius 3 is 2.68 bits per heavy atom. The van der Waals surface area contributed by atoms with Gasteiger partial charge in [0.2, 0.25) is 0 Å². The lowest BCUT2D eigenvalue weighted by Gasteiger charge is -2.07. The monoisotopic (exact) mass is 323 g/mol. The summed E-state index contributed by atoms with van der Waals surface area (Å²) < 4.78 is 2.27. The van der Waals surface area contributed by atoms with Crippen molar-refractivity contribution >= 4 is 27.3 Å². The Bertz CT molecular complexity index is 697. The lowest BCUT2D eigenvalue weighted by atomic mass is 10.1. The van der Waals surface area contributed by atoms with Crippen LogP contribution in [-0.2, 0) is 6.54 Å². The molecule has 1 heterocycles. The summed E-state index contributed by atoms with van der Waals surface area (Å²) in [5.74, 6) is 0. The van der Waals surface area contributed by atoms with Crippen LogP contribution in [0.1, 0.15) is 5.56 Å². The number of nitro benzene ring substituents is 1. The summed E-state index contributed by atoms with van der Waals surface area (Å²) in [6, 6.07) is 7.53. The average molecular weight is 324 g/mol. The van der Waals surface area contributed by atoms with Gasteiger partial charge in [0.1, 0.15) is 5.69 Å². The van der Waals surface area contributed by atoms with E-state index in [-0.39, 0.29) is 16.9 Å². The van der Waals surface area contributed by atoms with Crippen molar-refractivity contribution in [2.24, 2.45) is 0 Å². The second-order valence-electron chi connectivity index (χ2n) is 3.96. The molecule has 6 nitrogen and oxygen atoms in total. The number of halogens is 1. The first-order chi connectivity index (χ1) is 8.97. The van der Waals surface area contributed by atoms with E-state index in [1.807, 2.05) is 0 Å². The molecule has 2 N–H and O–H groups in total. The second-order valence-corrected chi connectivity index (χ2v) is 4.88. The van der Waals surface area contributed by atoms with Gasteiger partial charge in [0.15, 0.2) is 0 Å². The normalized spacial score (nSPS) is 10.4. The highest BCUT2D eigenvalue weighted by Gasteiger charge is 2.11. The van der Waals surface area contributed by atoms with Gasteiger partial charge < -0.3 is 10.3 Å². The van der Waals surface area contributed by atoms with Crippen LogP contribution in [0.4, 0.5) is 11.4 Å². The summed E-state index contributed by atoms with van der Waals surface area (Å²) in [6.45, 7) is 0.306. The molecule has 0 saturated carbocycles. The molecule has 1 aromatic carbocycles. The molecule has 0 atom stereocenters. The summed E-state index contributed by atoms with van der Waals surface area (Å²) in [4.78, 5) is 21.8. The predicted octanol–water partition coefficient (Wildman–Crippen LogP) is 2.15. The average Bonchev–Trinajstić information content (AvgIpc) is 2.33. The van der Waals surface area contributed by atoms with E-state index in [4.69, 9.17) is 5.73 Å². The summed E-state index contributed by atoms with van der Waals surface area (Å²) in [5.41, 5.74) is 6.13. The zero-order chi connectivity index (χ0) is 14.0. The van der Waals surface area contributed by atoms with Gasteiger partial charge in [-0.15, -0.1) is 0 Å². The number of benzene rings is 1. The maximum atomic E-state index is 11.6. The molecule has 0 bridgehead atoms. The molecule has 7 heteroatoms. The number of nitro groups is 1. The lowest BCUT2D eigenvalue weighted by molar-refractivity contribution is -0.383. The van der Waals surface area contributed by atoms with Crippen LogP contribution in [0.5, 0.6) is 0 Å². The van der Waals surface area contributed by atoms with Gasteiger partial charge in [0.25, 0.3) is 11.2 Å². The number of nitrogens with two attached hydrogens (primary N) is 1. The minimum Gasteiger partial charge on any atom is -0.393 e. The van der Waals surface area contributed by atoms with E-state index in [1.54, 1.807) is 18.3 Å². The molecule has 0 saturated heterocycles. The van der Waals surface area contributed by atoms with E-state index >= 15 is 0 Å². The Kier molecular flexibility index (Phi) is 3.66. The van der Waals surface area contributed by atoms with Crippen LogP contribution in [0.3, 0.4) is 0 Å². The Hall–Kier alpha value is -2.15. The number of rotatable bonds is 3. The zero-order valence-electron chi connectivity index (χ0n) is 9.75. The Balaban J connectivity index is 2.34. The van der Waals surface area contributed by atoms with Crippen LogP contribution >= 0.6 is 15.9 Å². The third-order valence-electron chi connectivity index (χ3n) is 2.59. The highest BCUT2D eigenvalue weighted by molar-refractivity contribution is 9.10. The lowest BCUT2D eigenvalue weighted by Crippen LogP contribution is -2.18. The molecule has 2 aromatic rings. The molecular formula is C12H10BrN3O3. The standard InChI is InChI=1S/C12H10BrN3O3/c13-9-2-4-12(17)15(7-9)6-8-1-3-11(16(18)19)10(14)5-8/h1-5,7H,6,14H2. The number of aromatic nitrogens is 1. The van der Waals surface area contributed by atoms with Crippen LogP contribution in [0.25, 0.3) is 0 Å². The molecule has 2 rings (SSSR count). The maximum Gasteiger partial charge on any atom is 0.292 e. The molecule has 0 amide bonds. The summed E-state index contributed by atoms with van der Waals surface area (Å²) in [7, 11) is 0. The molecule has 0 unspecified atom stereocenters. The van der Waals surface area contributed by atoms with Gasteiger partial charge in [-0.1, -0.05) is 6.07 Å². The van der Waals surface area contributed by atoms with Crippen molar-refractivity contribution in [1.82, 2.24) is 4.57 Å². The van der Waals surface area contributed by atoms with Crippen molar-refractivity contribution in [2.45, 2.75) is 6.54 Å². The molecule has 0 aliphatic heterocycles. The van der Waals surface area contributed by atoms with E-state index in [9.17, 15) is 14.9 Å². The first-order valence-electron chi connectivity index (χ1n) is 5.36. The van der Waals surface area contributed by atoms with Crippen molar-refractivity contribution in [3.05, 3.63) is 67.0 Å². The van der Waals surface area contributed by atoms with Crippen molar-refractivity contribution < 1.29 is 4.92 Å². The van der Waals surface area contributed by atoms with E-state index < -0.39 is 4.92 Å². The highest BCUT2D eigenvalue weighted by Crippen LogP contribution is 2.22. The topological polar surface area (TPSA) is 91.2 Å². The van der Waals surface area contributed by atoms with E-state index in [2.05, 4.69) is 15.9 Å². The fraction of sp³-hybridized carbons (Fsp3) is 0.0833. The van der Waals surface area contributed by atoms with Crippen molar-refractivity contribution in [3.8, 4) is 0 Å². The molecule has 0 aliphatic rings. The maximum absolute atomic E-state index is 11.6. The third-order valence-corrected chi connectivity index (χ3v) is 3.06. The largest absolute Gasteiger partial charge is 0.393 e. The van der Waals surface area contributed by atoms with Crippen LogP contribution in [0, 0.1) is 10.1 Å². The van der Waals surface area contributed by atoms with Gasteiger partial charge in [0.05, 0.1) is 11.5 Å². The molecular weight excluding hydrogens is 314 g/mol. The van der Waals surface area contributed by atoms with Crippen molar-refractivity contribution in [3.63, 3.8) is 0 Å². The van der Waals surface area contributed by atoms with Crippen LogP contribution in [-0.4, -0.2) is 9.49 Å². The number of nitrogen functional groups attached to an aromatic ring is 1. The number of hydrogen-bond donors (Lipinski definition) is 1. The van der Waals surface area contributed by atoms with Gasteiger partial charge in [-0.25, -0.2) is 0 Å². The number of hydrogen-bond acceptors (Lipinski definition) is 4. The van der Waals surface area contributed by atoms with E-state index in [0.717, 1.165) is 10.0 Å². The third kappa shape index (κ3) is 3.00. The summed E-state index contributed by atoms with van der Waals surface area (Å²) >= 11 is 3.28.